The van der Waals surface area contributed by atoms with E-state index in [0.29, 0.717) is 32.8 Å². The number of hydrogen-bond acceptors (Lipinski definition) is 5. The highest BCUT2D eigenvalue weighted by atomic mass is 16.5. The fraction of sp³-hybridized carbons (Fsp3) is 0.778. The third kappa shape index (κ3) is 7.40. The SMILES string of the molecule is CC(C)CC(=O)N(C#N)CC(=O)N(CC(=O)N1CCOCC1)CC(C)C. The molecule has 1 aliphatic heterocycles. The molecule has 0 spiro atoms. The van der Waals surface area contributed by atoms with Crippen LogP contribution in [0.15, 0.2) is 0 Å². The van der Waals surface area contributed by atoms with Crippen molar-refractivity contribution < 1.29 is 19.1 Å². The number of carbonyl (C=O) groups is 3. The summed E-state index contributed by atoms with van der Waals surface area (Å²) in [5.41, 5.74) is 0. The quantitative estimate of drug-likeness (QED) is 0.465. The van der Waals surface area contributed by atoms with Crippen molar-refractivity contribution in [3.8, 4) is 6.19 Å². The molecule has 0 N–H and O–H groups in total. The summed E-state index contributed by atoms with van der Waals surface area (Å²) >= 11 is 0. The molecule has 1 aliphatic rings. The zero-order valence-corrected chi connectivity index (χ0v) is 16.2. The lowest BCUT2D eigenvalue weighted by Crippen LogP contribution is -2.50. The Kier molecular flexibility index (Phi) is 9.07. The number of nitrogens with zero attached hydrogens (tertiary/aromatic N) is 4. The lowest BCUT2D eigenvalue weighted by Gasteiger charge is -2.31. The van der Waals surface area contributed by atoms with Crippen LogP contribution in [0.2, 0.25) is 0 Å². The summed E-state index contributed by atoms with van der Waals surface area (Å²) in [6, 6.07) is 0. The molecule has 8 nitrogen and oxygen atoms in total. The average molecular weight is 366 g/mol. The molecule has 1 rings (SSSR count). The minimum Gasteiger partial charge on any atom is -0.378 e. The van der Waals surface area contributed by atoms with Crippen molar-refractivity contribution in [1.29, 1.82) is 5.26 Å². The second kappa shape index (κ2) is 10.8. The van der Waals surface area contributed by atoms with Gasteiger partial charge in [0.2, 0.25) is 17.7 Å². The molecule has 1 heterocycles. The first kappa shape index (κ1) is 21.9. The van der Waals surface area contributed by atoms with Gasteiger partial charge in [-0.1, -0.05) is 27.7 Å². The van der Waals surface area contributed by atoms with Crippen LogP contribution in [0.1, 0.15) is 34.1 Å². The molecule has 1 saturated heterocycles. The Morgan fingerprint density at radius 3 is 2.15 bits per heavy atom. The van der Waals surface area contributed by atoms with E-state index in [1.54, 1.807) is 11.1 Å². The Morgan fingerprint density at radius 2 is 1.65 bits per heavy atom. The molecule has 0 saturated carbocycles. The van der Waals surface area contributed by atoms with Crippen molar-refractivity contribution >= 4 is 17.7 Å². The second-order valence-corrected chi connectivity index (χ2v) is 7.34. The summed E-state index contributed by atoms with van der Waals surface area (Å²) in [7, 11) is 0. The summed E-state index contributed by atoms with van der Waals surface area (Å²) < 4.78 is 5.24. The molecular formula is C18H30N4O4. The minimum atomic E-state index is -0.390. The molecule has 146 valence electrons. The zero-order chi connectivity index (χ0) is 19.7. The number of hydrogen-bond donors (Lipinski definition) is 0. The number of amides is 3. The van der Waals surface area contributed by atoms with Crippen LogP contribution in [0.3, 0.4) is 0 Å². The third-order valence-electron chi connectivity index (χ3n) is 3.93. The van der Waals surface area contributed by atoms with E-state index in [1.165, 1.54) is 4.90 Å². The van der Waals surface area contributed by atoms with Gasteiger partial charge < -0.3 is 14.5 Å². The number of nitriles is 1. The largest absolute Gasteiger partial charge is 0.378 e. The monoisotopic (exact) mass is 366 g/mol. The van der Waals surface area contributed by atoms with E-state index >= 15 is 0 Å². The molecule has 0 atom stereocenters. The fourth-order valence-corrected chi connectivity index (χ4v) is 2.65. The van der Waals surface area contributed by atoms with Crippen LogP contribution in [0, 0.1) is 23.3 Å². The highest BCUT2D eigenvalue weighted by Gasteiger charge is 2.26. The molecule has 0 aromatic rings. The van der Waals surface area contributed by atoms with Crippen LogP contribution in [0.5, 0.6) is 0 Å². The average Bonchev–Trinajstić information content (AvgIpc) is 2.58. The van der Waals surface area contributed by atoms with E-state index in [-0.39, 0.29) is 49.1 Å². The summed E-state index contributed by atoms with van der Waals surface area (Å²) in [5.74, 6) is -0.639. The van der Waals surface area contributed by atoms with Crippen molar-refractivity contribution in [2.45, 2.75) is 34.1 Å². The Labute approximate surface area is 155 Å². The molecular weight excluding hydrogens is 336 g/mol. The Balaban J connectivity index is 2.73. The van der Waals surface area contributed by atoms with Crippen LogP contribution in [0.4, 0.5) is 0 Å². The molecule has 0 unspecified atom stereocenters. The van der Waals surface area contributed by atoms with Gasteiger partial charge in [-0.25, -0.2) is 4.90 Å². The molecule has 0 aliphatic carbocycles. The first-order valence-corrected chi connectivity index (χ1v) is 9.08. The van der Waals surface area contributed by atoms with Crippen LogP contribution in [-0.4, -0.2) is 78.4 Å². The lowest BCUT2D eigenvalue weighted by atomic mass is 10.1. The van der Waals surface area contributed by atoms with Gasteiger partial charge in [0.15, 0.2) is 6.19 Å². The van der Waals surface area contributed by atoms with Gasteiger partial charge >= 0.3 is 0 Å². The van der Waals surface area contributed by atoms with E-state index in [1.807, 2.05) is 27.7 Å². The Morgan fingerprint density at radius 1 is 1.04 bits per heavy atom. The van der Waals surface area contributed by atoms with Gasteiger partial charge in [0, 0.05) is 26.1 Å². The van der Waals surface area contributed by atoms with Gasteiger partial charge in [-0.15, -0.1) is 0 Å². The van der Waals surface area contributed by atoms with E-state index in [2.05, 4.69) is 0 Å². The number of carbonyl (C=O) groups excluding carboxylic acids is 3. The number of rotatable bonds is 8. The predicted molar refractivity (Wildman–Crippen MR) is 95.6 cm³/mol. The minimum absolute atomic E-state index is 0.0470. The van der Waals surface area contributed by atoms with Gasteiger partial charge in [-0.2, -0.15) is 5.26 Å². The van der Waals surface area contributed by atoms with Gasteiger partial charge in [-0.05, 0) is 11.8 Å². The van der Waals surface area contributed by atoms with Gasteiger partial charge in [0.1, 0.15) is 6.54 Å². The number of morpholine rings is 1. The van der Waals surface area contributed by atoms with Gasteiger partial charge in [0.05, 0.1) is 19.8 Å². The summed E-state index contributed by atoms with van der Waals surface area (Å²) in [5, 5.41) is 9.20. The van der Waals surface area contributed by atoms with E-state index in [0.717, 1.165) is 4.90 Å². The molecule has 0 radical (unpaired) electrons. The second-order valence-electron chi connectivity index (χ2n) is 7.34. The summed E-state index contributed by atoms with van der Waals surface area (Å²) in [4.78, 5) is 41.2. The predicted octanol–water partition coefficient (Wildman–Crippen LogP) is 0.686. The van der Waals surface area contributed by atoms with Crippen molar-refractivity contribution in [3.63, 3.8) is 0 Å². The van der Waals surface area contributed by atoms with Gasteiger partial charge in [-0.3, -0.25) is 14.4 Å². The van der Waals surface area contributed by atoms with Crippen molar-refractivity contribution in [2.24, 2.45) is 11.8 Å². The molecule has 8 heteroatoms. The standard InChI is InChI=1S/C18H30N4O4/c1-14(2)9-16(23)22(13-19)12-18(25)21(10-15(3)4)11-17(24)20-5-7-26-8-6-20/h14-15H,5-12H2,1-4H3. The van der Waals surface area contributed by atoms with E-state index in [4.69, 9.17) is 4.74 Å². The van der Waals surface area contributed by atoms with Crippen molar-refractivity contribution in [2.75, 3.05) is 45.9 Å². The Bertz CT molecular complexity index is 536. The summed E-state index contributed by atoms with van der Waals surface area (Å²) in [6.45, 7) is 9.69. The highest BCUT2D eigenvalue weighted by molar-refractivity contribution is 5.89. The fourth-order valence-electron chi connectivity index (χ4n) is 2.65. The maximum Gasteiger partial charge on any atom is 0.243 e. The van der Waals surface area contributed by atoms with E-state index in [9.17, 15) is 19.6 Å². The lowest BCUT2D eigenvalue weighted by molar-refractivity contribution is -0.144. The van der Waals surface area contributed by atoms with Crippen LogP contribution in [0.25, 0.3) is 0 Å². The molecule has 3 amide bonds. The van der Waals surface area contributed by atoms with Gasteiger partial charge in [0.25, 0.3) is 0 Å². The van der Waals surface area contributed by atoms with Crippen molar-refractivity contribution in [3.05, 3.63) is 0 Å². The smallest absolute Gasteiger partial charge is 0.243 e. The van der Waals surface area contributed by atoms with E-state index < -0.39 is 0 Å². The first-order valence-electron chi connectivity index (χ1n) is 9.08. The van der Waals surface area contributed by atoms with Crippen molar-refractivity contribution in [1.82, 2.24) is 14.7 Å². The molecule has 0 aromatic heterocycles. The highest BCUT2D eigenvalue weighted by Crippen LogP contribution is 2.07. The number of ether oxygens (including phenoxy) is 1. The normalized spacial score (nSPS) is 14.3. The van der Waals surface area contributed by atoms with Crippen LogP contribution < -0.4 is 0 Å². The Hall–Kier alpha value is -2.14. The zero-order valence-electron chi connectivity index (χ0n) is 16.2. The van der Waals surface area contributed by atoms with Crippen LogP contribution in [-0.2, 0) is 19.1 Å². The molecule has 0 bridgehead atoms. The maximum atomic E-state index is 12.6. The van der Waals surface area contributed by atoms with Crippen LogP contribution >= 0.6 is 0 Å². The third-order valence-corrected chi connectivity index (χ3v) is 3.93. The first-order chi connectivity index (χ1) is 12.2. The maximum absolute atomic E-state index is 12.6. The molecule has 1 fully saturated rings. The summed E-state index contributed by atoms with van der Waals surface area (Å²) in [6.07, 6.45) is 1.99. The topological polar surface area (TPSA) is 93.9 Å². The molecule has 26 heavy (non-hydrogen) atoms. The molecule has 0 aromatic carbocycles.